The number of halogens is 2. The highest BCUT2D eigenvalue weighted by molar-refractivity contribution is 5.98. The lowest BCUT2D eigenvalue weighted by Gasteiger charge is -2.17. The second kappa shape index (κ2) is 8.62. The number of carbonyl (C=O) groups excluding carboxylic acids is 2. The first kappa shape index (κ1) is 18.8. The van der Waals surface area contributed by atoms with E-state index in [1.807, 2.05) is 30.3 Å². The molecule has 0 aromatic heterocycles. The summed E-state index contributed by atoms with van der Waals surface area (Å²) >= 11 is 0. The third-order valence-corrected chi connectivity index (χ3v) is 4.46. The monoisotopic (exact) mass is 374 g/mol. The van der Waals surface area contributed by atoms with Crippen LogP contribution in [-0.4, -0.2) is 36.4 Å². The normalized spacial score (nSPS) is 16.6. The Bertz CT molecular complexity index is 799. The van der Waals surface area contributed by atoms with E-state index in [9.17, 15) is 18.4 Å². The molecule has 0 aliphatic carbocycles. The lowest BCUT2D eigenvalue weighted by Crippen LogP contribution is -2.30. The van der Waals surface area contributed by atoms with Gasteiger partial charge >= 0.3 is 6.61 Å². The number of carbonyl (C=O) groups is 2. The zero-order chi connectivity index (χ0) is 19.2. The Labute approximate surface area is 155 Å². The molecule has 2 amide bonds. The maximum atomic E-state index is 12.5. The minimum Gasteiger partial charge on any atom is -0.433 e. The summed E-state index contributed by atoms with van der Waals surface area (Å²) in [6.07, 6.45) is 0.824. The number of nitrogens with one attached hydrogen (secondary N) is 1. The molecular formula is C20H20F2N2O3. The summed E-state index contributed by atoms with van der Waals surface area (Å²) in [6.45, 7) is -2.13. The molecule has 142 valence electrons. The lowest BCUT2D eigenvalue weighted by atomic mass is 10.1. The van der Waals surface area contributed by atoms with Gasteiger partial charge in [-0.15, -0.1) is 0 Å². The Morgan fingerprint density at radius 1 is 1.15 bits per heavy atom. The van der Waals surface area contributed by atoms with Crippen molar-refractivity contribution in [3.8, 4) is 5.75 Å². The maximum Gasteiger partial charge on any atom is 0.387 e. The van der Waals surface area contributed by atoms with Crippen molar-refractivity contribution in [1.29, 1.82) is 0 Å². The van der Waals surface area contributed by atoms with Crippen LogP contribution in [0.5, 0.6) is 5.75 Å². The van der Waals surface area contributed by atoms with Gasteiger partial charge in [0.1, 0.15) is 5.75 Å². The maximum absolute atomic E-state index is 12.5. The van der Waals surface area contributed by atoms with Gasteiger partial charge in [0, 0.05) is 19.5 Å². The molecule has 2 aromatic rings. The predicted octanol–water partition coefficient (Wildman–Crippen LogP) is 3.32. The van der Waals surface area contributed by atoms with Crippen molar-refractivity contribution < 1.29 is 23.1 Å². The SMILES string of the molecule is O=C(Nc1ccccc1OC(F)F)C1CC(=O)N(CCc2ccccc2)C1. The molecule has 1 unspecified atom stereocenters. The van der Waals surface area contributed by atoms with Gasteiger partial charge < -0.3 is 15.0 Å². The number of likely N-dealkylation sites (tertiary alicyclic amines) is 1. The topological polar surface area (TPSA) is 58.6 Å². The summed E-state index contributed by atoms with van der Waals surface area (Å²) in [4.78, 5) is 26.3. The van der Waals surface area contributed by atoms with Crippen molar-refractivity contribution in [2.24, 2.45) is 5.92 Å². The van der Waals surface area contributed by atoms with Crippen LogP contribution < -0.4 is 10.1 Å². The number of ether oxygens (including phenoxy) is 1. The highest BCUT2D eigenvalue weighted by atomic mass is 19.3. The van der Waals surface area contributed by atoms with Crippen molar-refractivity contribution in [2.45, 2.75) is 19.5 Å². The number of para-hydroxylation sites is 2. The molecule has 0 radical (unpaired) electrons. The highest BCUT2D eigenvalue weighted by Gasteiger charge is 2.34. The Morgan fingerprint density at radius 2 is 1.85 bits per heavy atom. The molecule has 0 spiro atoms. The molecule has 0 bridgehead atoms. The van der Waals surface area contributed by atoms with Gasteiger partial charge in [-0.05, 0) is 24.1 Å². The Kier molecular flexibility index (Phi) is 6.01. The van der Waals surface area contributed by atoms with Gasteiger partial charge in [-0.25, -0.2) is 0 Å². The summed E-state index contributed by atoms with van der Waals surface area (Å²) in [5.74, 6) is -1.09. The average molecular weight is 374 g/mol. The number of rotatable bonds is 7. The van der Waals surface area contributed by atoms with E-state index in [2.05, 4.69) is 10.1 Å². The van der Waals surface area contributed by atoms with Gasteiger partial charge in [-0.2, -0.15) is 8.78 Å². The predicted molar refractivity (Wildman–Crippen MR) is 96.5 cm³/mol. The largest absolute Gasteiger partial charge is 0.433 e. The van der Waals surface area contributed by atoms with Crippen LogP contribution in [0.4, 0.5) is 14.5 Å². The summed E-state index contributed by atoms with van der Waals surface area (Å²) in [7, 11) is 0. The molecule has 1 saturated heterocycles. The molecule has 1 fully saturated rings. The number of amides is 2. The van der Waals surface area contributed by atoms with E-state index in [0.29, 0.717) is 19.5 Å². The Balaban J connectivity index is 1.58. The van der Waals surface area contributed by atoms with E-state index >= 15 is 0 Å². The summed E-state index contributed by atoms with van der Waals surface area (Å²) in [5, 5.41) is 2.60. The molecule has 27 heavy (non-hydrogen) atoms. The molecule has 1 atom stereocenters. The first-order valence-electron chi connectivity index (χ1n) is 8.69. The number of benzene rings is 2. The summed E-state index contributed by atoms with van der Waals surface area (Å²) in [5.41, 5.74) is 1.29. The van der Waals surface area contributed by atoms with Gasteiger partial charge in [0.25, 0.3) is 0 Å². The number of alkyl halides is 2. The second-order valence-corrected chi connectivity index (χ2v) is 6.34. The number of hydrogen-bond acceptors (Lipinski definition) is 3. The Hall–Kier alpha value is -2.96. The van der Waals surface area contributed by atoms with Gasteiger partial charge in [-0.3, -0.25) is 9.59 Å². The van der Waals surface area contributed by atoms with Gasteiger partial charge in [0.05, 0.1) is 11.6 Å². The third-order valence-electron chi connectivity index (χ3n) is 4.46. The first-order chi connectivity index (χ1) is 13.0. The first-order valence-corrected chi connectivity index (χ1v) is 8.69. The fourth-order valence-electron chi connectivity index (χ4n) is 3.08. The molecule has 1 aliphatic heterocycles. The Morgan fingerprint density at radius 3 is 2.59 bits per heavy atom. The molecule has 1 N–H and O–H groups in total. The van der Waals surface area contributed by atoms with Crippen molar-refractivity contribution in [3.05, 3.63) is 60.2 Å². The second-order valence-electron chi connectivity index (χ2n) is 6.34. The van der Waals surface area contributed by atoms with Crippen molar-refractivity contribution in [2.75, 3.05) is 18.4 Å². The van der Waals surface area contributed by atoms with E-state index in [1.54, 1.807) is 11.0 Å². The van der Waals surface area contributed by atoms with Gasteiger partial charge in [-0.1, -0.05) is 42.5 Å². The molecule has 2 aromatic carbocycles. The van der Waals surface area contributed by atoms with Crippen LogP contribution in [0.1, 0.15) is 12.0 Å². The van der Waals surface area contributed by atoms with Crippen LogP contribution in [0, 0.1) is 5.92 Å². The molecule has 3 rings (SSSR count). The minimum absolute atomic E-state index is 0.0804. The van der Waals surface area contributed by atoms with E-state index < -0.39 is 12.5 Å². The van der Waals surface area contributed by atoms with Crippen molar-refractivity contribution >= 4 is 17.5 Å². The smallest absolute Gasteiger partial charge is 0.387 e. The fraction of sp³-hybridized carbons (Fsp3) is 0.300. The quantitative estimate of drug-likeness (QED) is 0.809. The van der Waals surface area contributed by atoms with Crippen LogP contribution in [0.3, 0.4) is 0 Å². The van der Waals surface area contributed by atoms with E-state index in [0.717, 1.165) is 5.56 Å². The van der Waals surface area contributed by atoms with E-state index in [1.165, 1.54) is 18.2 Å². The molecular weight excluding hydrogens is 354 g/mol. The summed E-state index contributed by atoms with van der Waals surface area (Å²) in [6, 6.07) is 15.8. The van der Waals surface area contributed by atoms with Gasteiger partial charge in [0.15, 0.2) is 0 Å². The van der Waals surface area contributed by atoms with E-state index in [4.69, 9.17) is 0 Å². The van der Waals surface area contributed by atoms with Gasteiger partial charge in [0.2, 0.25) is 11.8 Å². The molecule has 0 saturated carbocycles. The van der Waals surface area contributed by atoms with Crippen molar-refractivity contribution in [3.63, 3.8) is 0 Å². The zero-order valence-electron chi connectivity index (χ0n) is 14.6. The van der Waals surface area contributed by atoms with E-state index in [-0.39, 0.29) is 29.7 Å². The number of anilines is 1. The van der Waals surface area contributed by atoms with Crippen LogP contribution in [0.15, 0.2) is 54.6 Å². The highest BCUT2D eigenvalue weighted by Crippen LogP contribution is 2.27. The zero-order valence-corrected chi connectivity index (χ0v) is 14.6. The van der Waals surface area contributed by atoms with Crippen molar-refractivity contribution in [1.82, 2.24) is 4.90 Å². The third kappa shape index (κ3) is 5.03. The minimum atomic E-state index is -2.98. The van der Waals surface area contributed by atoms with Crippen LogP contribution in [0.2, 0.25) is 0 Å². The number of nitrogens with zero attached hydrogens (tertiary/aromatic N) is 1. The molecule has 5 nitrogen and oxygen atoms in total. The van der Waals surface area contributed by atoms with Crippen LogP contribution in [-0.2, 0) is 16.0 Å². The molecule has 1 aliphatic rings. The lowest BCUT2D eigenvalue weighted by molar-refractivity contribution is -0.128. The van der Waals surface area contributed by atoms with Crippen LogP contribution >= 0.6 is 0 Å². The fourth-order valence-corrected chi connectivity index (χ4v) is 3.08. The standard InChI is InChI=1S/C20H20F2N2O3/c21-20(22)27-17-9-5-4-8-16(17)23-19(26)15-12-18(25)24(13-15)11-10-14-6-2-1-3-7-14/h1-9,15,20H,10-13H2,(H,23,26). The summed E-state index contributed by atoms with van der Waals surface area (Å²) < 4.78 is 29.4. The molecule has 1 heterocycles. The number of hydrogen-bond donors (Lipinski definition) is 1. The average Bonchev–Trinajstić information content (AvgIpc) is 3.03. The molecule has 7 heteroatoms. The van der Waals surface area contributed by atoms with Crippen LogP contribution in [0.25, 0.3) is 0 Å².